The van der Waals surface area contributed by atoms with Gasteiger partial charge in [-0.3, -0.25) is 0 Å². The molecule has 1 aromatic heterocycles. The highest BCUT2D eigenvalue weighted by atomic mass is 19.1. The molecular formula is C13H16FN5. The van der Waals surface area contributed by atoms with E-state index in [4.69, 9.17) is 5.73 Å². The van der Waals surface area contributed by atoms with Crippen molar-refractivity contribution in [3.63, 3.8) is 0 Å². The first-order valence-corrected chi connectivity index (χ1v) is 6.07. The Morgan fingerprint density at radius 3 is 2.74 bits per heavy atom. The molecule has 1 heterocycles. The molecule has 0 saturated heterocycles. The molecule has 100 valence electrons. The van der Waals surface area contributed by atoms with Gasteiger partial charge in [0.2, 0.25) is 0 Å². The van der Waals surface area contributed by atoms with Crippen LogP contribution in [0.5, 0.6) is 0 Å². The third-order valence-electron chi connectivity index (χ3n) is 2.49. The molecule has 0 aliphatic carbocycles. The Labute approximate surface area is 111 Å². The van der Waals surface area contributed by atoms with E-state index in [1.807, 2.05) is 0 Å². The molecule has 5 nitrogen and oxygen atoms in total. The summed E-state index contributed by atoms with van der Waals surface area (Å²) in [6, 6.07) is 8.17. The highest BCUT2D eigenvalue weighted by Gasteiger charge is 2.03. The molecule has 0 atom stereocenters. The first-order valence-electron chi connectivity index (χ1n) is 6.07. The Bertz CT molecular complexity index is 532. The summed E-state index contributed by atoms with van der Waals surface area (Å²) >= 11 is 0. The fourth-order valence-electron chi connectivity index (χ4n) is 1.54. The SMILES string of the molecule is NCCCNc1cc(Nc2ccccc2F)ncn1. The van der Waals surface area contributed by atoms with Crippen LogP contribution in [0.2, 0.25) is 0 Å². The van der Waals surface area contributed by atoms with Crippen molar-refractivity contribution in [1.29, 1.82) is 0 Å². The van der Waals surface area contributed by atoms with E-state index in [2.05, 4.69) is 20.6 Å². The summed E-state index contributed by atoms with van der Waals surface area (Å²) in [6.07, 6.45) is 2.29. The lowest BCUT2D eigenvalue weighted by atomic mass is 10.3. The molecule has 2 aromatic rings. The van der Waals surface area contributed by atoms with Crippen molar-refractivity contribution >= 4 is 17.3 Å². The van der Waals surface area contributed by atoms with Crippen molar-refractivity contribution in [2.75, 3.05) is 23.7 Å². The zero-order chi connectivity index (χ0) is 13.5. The van der Waals surface area contributed by atoms with Crippen LogP contribution < -0.4 is 16.4 Å². The summed E-state index contributed by atoms with van der Waals surface area (Å²) < 4.78 is 13.5. The van der Waals surface area contributed by atoms with Crippen LogP contribution in [0, 0.1) is 5.82 Å². The summed E-state index contributed by atoms with van der Waals surface area (Å²) in [5, 5.41) is 6.03. The topological polar surface area (TPSA) is 75.9 Å². The Kier molecular flexibility index (Phi) is 4.63. The Hall–Kier alpha value is -2.21. The van der Waals surface area contributed by atoms with Crippen LogP contribution >= 0.6 is 0 Å². The van der Waals surface area contributed by atoms with E-state index < -0.39 is 0 Å². The van der Waals surface area contributed by atoms with Gasteiger partial charge in [-0.05, 0) is 25.1 Å². The Morgan fingerprint density at radius 2 is 1.95 bits per heavy atom. The zero-order valence-corrected chi connectivity index (χ0v) is 10.4. The second-order valence-electron chi connectivity index (χ2n) is 3.96. The van der Waals surface area contributed by atoms with Crippen molar-refractivity contribution in [1.82, 2.24) is 9.97 Å². The molecule has 0 amide bonds. The molecule has 0 bridgehead atoms. The molecule has 0 radical (unpaired) electrons. The molecule has 0 aliphatic rings. The fourth-order valence-corrected chi connectivity index (χ4v) is 1.54. The minimum atomic E-state index is -0.321. The number of hydrogen-bond donors (Lipinski definition) is 3. The van der Waals surface area contributed by atoms with Crippen molar-refractivity contribution in [2.45, 2.75) is 6.42 Å². The summed E-state index contributed by atoms with van der Waals surface area (Å²) in [6.45, 7) is 1.37. The number of aromatic nitrogens is 2. The zero-order valence-electron chi connectivity index (χ0n) is 10.4. The van der Waals surface area contributed by atoms with E-state index in [9.17, 15) is 4.39 Å². The molecule has 1 aromatic carbocycles. The largest absolute Gasteiger partial charge is 0.370 e. The lowest BCUT2D eigenvalue weighted by Gasteiger charge is -2.08. The summed E-state index contributed by atoms with van der Waals surface area (Å²) in [7, 11) is 0. The molecule has 0 unspecified atom stereocenters. The summed E-state index contributed by atoms with van der Waals surface area (Å²) in [5.41, 5.74) is 5.80. The molecule has 0 aliphatic heterocycles. The predicted molar refractivity (Wildman–Crippen MR) is 73.9 cm³/mol. The minimum absolute atomic E-state index is 0.321. The minimum Gasteiger partial charge on any atom is -0.370 e. The van der Waals surface area contributed by atoms with Crippen molar-refractivity contribution < 1.29 is 4.39 Å². The van der Waals surface area contributed by atoms with Crippen LogP contribution in [0.15, 0.2) is 36.7 Å². The van der Waals surface area contributed by atoms with Crippen LogP contribution in [0.4, 0.5) is 21.7 Å². The molecule has 4 N–H and O–H groups in total. The van der Waals surface area contributed by atoms with Crippen molar-refractivity contribution in [2.24, 2.45) is 5.73 Å². The van der Waals surface area contributed by atoms with Crippen molar-refractivity contribution in [3.8, 4) is 0 Å². The van der Waals surface area contributed by atoms with Crippen LogP contribution in [-0.2, 0) is 0 Å². The average Bonchev–Trinajstić information content (AvgIpc) is 2.42. The van der Waals surface area contributed by atoms with Gasteiger partial charge < -0.3 is 16.4 Å². The van der Waals surface area contributed by atoms with Gasteiger partial charge in [-0.15, -0.1) is 0 Å². The van der Waals surface area contributed by atoms with Crippen LogP contribution in [0.25, 0.3) is 0 Å². The Morgan fingerprint density at radius 1 is 1.16 bits per heavy atom. The fraction of sp³-hybridized carbons (Fsp3) is 0.231. The van der Waals surface area contributed by atoms with Gasteiger partial charge in [-0.1, -0.05) is 12.1 Å². The highest BCUT2D eigenvalue weighted by molar-refractivity contribution is 5.59. The third-order valence-corrected chi connectivity index (χ3v) is 2.49. The van der Waals surface area contributed by atoms with Gasteiger partial charge in [0.25, 0.3) is 0 Å². The van der Waals surface area contributed by atoms with E-state index in [1.54, 1.807) is 24.3 Å². The number of benzene rings is 1. The van der Waals surface area contributed by atoms with E-state index in [1.165, 1.54) is 12.4 Å². The standard InChI is InChI=1S/C13H16FN5/c14-10-4-1-2-5-11(10)19-13-8-12(17-9-18-13)16-7-3-6-15/h1-2,4-5,8-9H,3,6-7,15H2,(H2,16,17,18,19). The summed E-state index contributed by atoms with van der Waals surface area (Å²) in [4.78, 5) is 8.13. The molecule has 0 fully saturated rings. The first kappa shape index (κ1) is 13.2. The molecular weight excluding hydrogens is 245 g/mol. The average molecular weight is 261 g/mol. The number of nitrogens with two attached hydrogens (primary N) is 1. The Balaban J connectivity index is 2.05. The maximum atomic E-state index is 13.5. The maximum absolute atomic E-state index is 13.5. The van der Waals surface area contributed by atoms with Crippen LogP contribution in [0.3, 0.4) is 0 Å². The van der Waals surface area contributed by atoms with Gasteiger partial charge in [0, 0.05) is 12.6 Å². The van der Waals surface area contributed by atoms with Gasteiger partial charge in [-0.25, -0.2) is 14.4 Å². The lowest BCUT2D eigenvalue weighted by molar-refractivity contribution is 0.632. The number of rotatable bonds is 6. The monoisotopic (exact) mass is 261 g/mol. The molecule has 0 saturated carbocycles. The van der Waals surface area contributed by atoms with Gasteiger partial charge in [0.1, 0.15) is 23.8 Å². The number of para-hydroxylation sites is 1. The quantitative estimate of drug-likeness (QED) is 0.694. The molecule has 6 heteroatoms. The second-order valence-corrected chi connectivity index (χ2v) is 3.96. The first-order chi connectivity index (χ1) is 9.29. The van der Waals surface area contributed by atoms with Crippen LogP contribution in [0.1, 0.15) is 6.42 Å². The van der Waals surface area contributed by atoms with Gasteiger partial charge in [-0.2, -0.15) is 0 Å². The molecule has 2 rings (SSSR count). The second kappa shape index (κ2) is 6.65. The number of halogens is 1. The third kappa shape index (κ3) is 3.89. The summed E-state index contributed by atoms with van der Waals surface area (Å²) in [5.74, 6) is 0.899. The number of nitrogens with zero attached hydrogens (tertiary/aromatic N) is 2. The van der Waals surface area contributed by atoms with E-state index >= 15 is 0 Å². The van der Waals surface area contributed by atoms with Gasteiger partial charge >= 0.3 is 0 Å². The lowest BCUT2D eigenvalue weighted by Crippen LogP contribution is -2.09. The normalized spacial score (nSPS) is 10.2. The molecule has 19 heavy (non-hydrogen) atoms. The van der Waals surface area contributed by atoms with Crippen LogP contribution in [-0.4, -0.2) is 23.1 Å². The number of nitrogens with one attached hydrogen (secondary N) is 2. The van der Waals surface area contributed by atoms with E-state index in [0.717, 1.165) is 13.0 Å². The highest BCUT2D eigenvalue weighted by Crippen LogP contribution is 2.18. The maximum Gasteiger partial charge on any atom is 0.146 e. The van der Waals surface area contributed by atoms with Gasteiger partial charge in [0.05, 0.1) is 5.69 Å². The number of anilines is 3. The van der Waals surface area contributed by atoms with E-state index in [-0.39, 0.29) is 5.82 Å². The number of hydrogen-bond acceptors (Lipinski definition) is 5. The van der Waals surface area contributed by atoms with Crippen molar-refractivity contribution in [3.05, 3.63) is 42.5 Å². The van der Waals surface area contributed by atoms with E-state index in [0.29, 0.717) is 23.9 Å². The predicted octanol–water partition coefficient (Wildman–Crippen LogP) is 2.12. The van der Waals surface area contributed by atoms with Gasteiger partial charge in [0.15, 0.2) is 0 Å². The smallest absolute Gasteiger partial charge is 0.146 e. The molecule has 0 spiro atoms.